The molecule has 0 unspecified atom stereocenters. The minimum absolute atomic E-state index is 0.119. The second-order valence-electron chi connectivity index (χ2n) is 9.83. The maximum atomic E-state index is 13.7. The van der Waals surface area contributed by atoms with Crippen molar-refractivity contribution in [3.63, 3.8) is 0 Å². The van der Waals surface area contributed by atoms with E-state index >= 15 is 0 Å². The molecule has 1 amide bonds. The van der Waals surface area contributed by atoms with Gasteiger partial charge in [-0.25, -0.2) is 17.8 Å². The lowest BCUT2D eigenvalue weighted by Crippen LogP contribution is -2.52. The zero-order valence-corrected chi connectivity index (χ0v) is 19.8. The van der Waals surface area contributed by atoms with E-state index in [1.807, 2.05) is 0 Å². The van der Waals surface area contributed by atoms with Crippen molar-refractivity contribution in [1.82, 2.24) is 10.3 Å². The fraction of sp³-hybridized carbons (Fsp3) is 0.500. The fourth-order valence-corrected chi connectivity index (χ4v) is 6.11. The van der Waals surface area contributed by atoms with Crippen LogP contribution in [0, 0.1) is 5.82 Å². The normalized spacial score (nSPS) is 25.4. The van der Waals surface area contributed by atoms with E-state index in [9.17, 15) is 30.8 Å². The minimum atomic E-state index is -4.83. The van der Waals surface area contributed by atoms with Gasteiger partial charge < -0.3 is 10.2 Å². The number of piperidine rings is 1. The minimum Gasteiger partial charge on any atom is -0.352 e. The molecule has 1 aliphatic carbocycles. The molecule has 1 N–H and O–H groups in total. The second kappa shape index (κ2) is 8.18. The highest BCUT2D eigenvalue weighted by Gasteiger charge is 2.53. The molecule has 0 spiro atoms. The van der Waals surface area contributed by atoms with Gasteiger partial charge in [0.15, 0.2) is 9.84 Å². The Morgan fingerprint density at radius 2 is 1.77 bits per heavy atom. The third-order valence-corrected chi connectivity index (χ3v) is 8.59. The molecule has 188 valence electrons. The first-order valence-electron chi connectivity index (χ1n) is 11.5. The first-order chi connectivity index (χ1) is 16.4. The Kier molecular flexibility index (Phi) is 5.61. The zero-order chi connectivity index (χ0) is 25.2. The Labute approximate surface area is 200 Å². The van der Waals surface area contributed by atoms with Crippen molar-refractivity contribution in [1.29, 1.82) is 0 Å². The largest absolute Gasteiger partial charge is 0.419 e. The average Bonchev–Trinajstić information content (AvgIpc) is 3.54. The summed E-state index contributed by atoms with van der Waals surface area (Å²) in [6, 6.07) is 6.17. The summed E-state index contributed by atoms with van der Waals surface area (Å²) in [5.41, 5.74) is -2.21. The number of carbonyl (C=O) groups is 1. The first kappa shape index (κ1) is 24.0. The number of carbonyl (C=O) groups excluding carboxylic acids is 1. The molecule has 5 rings (SSSR count). The highest BCUT2D eigenvalue weighted by atomic mass is 32.2. The van der Waals surface area contributed by atoms with Gasteiger partial charge in [-0.3, -0.25) is 4.79 Å². The van der Waals surface area contributed by atoms with Crippen molar-refractivity contribution in [3.05, 3.63) is 53.5 Å². The quantitative estimate of drug-likeness (QED) is 0.615. The van der Waals surface area contributed by atoms with Crippen LogP contribution in [0.15, 0.2) is 41.4 Å². The van der Waals surface area contributed by atoms with Gasteiger partial charge in [-0.15, -0.1) is 0 Å². The fourth-order valence-electron chi connectivity index (χ4n) is 5.55. The molecule has 6 nitrogen and oxygen atoms in total. The summed E-state index contributed by atoms with van der Waals surface area (Å²) in [4.78, 5) is 19.9. The highest BCUT2D eigenvalue weighted by Crippen LogP contribution is 2.50. The molecule has 35 heavy (non-hydrogen) atoms. The van der Waals surface area contributed by atoms with Crippen LogP contribution in [0.1, 0.15) is 49.7 Å². The number of benzene rings is 1. The summed E-state index contributed by atoms with van der Waals surface area (Å²) in [6.45, 7) is 0. The van der Waals surface area contributed by atoms with Crippen molar-refractivity contribution in [2.75, 3.05) is 11.2 Å². The van der Waals surface area contributed by atoms with Gasteiger partial charge >= 0.3 is 6.18 Å². The summed E-state index contributed by atoms with van der Waals surface area (Å²) < 4.78 is 76.7. The van der Waals surface area contributed by atoms with Crippen LogP contribution in [0.25, 0.3) is 0 Å². The van der Waals surface area contributed by atoms with Gasteiger partial charge in [0.2, 0.25) is 5.91 Å². The Morgan fingerprint density at radius 1 is 1.11 bits per heavy atom. The van der Waals surface area contributed by atoms with E-state index < -0.39 is 32.8 Å². The molecule has 2 aliphatic heterocycles. The number of hydrogen-bond donors (Lipinski definition) is 1. The number of halogens is 4. The molecule has 11 heteroatoms. The second-order valence-corrected chi connectivity index (χ2v) is 11.8. The van der Waals surface area contributed by atoms with Crippen molar-refractivity contribution < 1.29 is 30.8 Å². The molecule has 2 saturated heterocycles. The van der Waals surface area contributed by atoms with Gasteiger partial charge in [0.1, 0.15) is 11.6 Å². The molecule has 3 atom stereocenters. The van der Waals surface area contributed by atoms with Crippen molar-refractivity contribution >= 4 is 21.6 Å². The average molecular weight is 512 g/mol. The van der Waals surface area contributed by atoms with Crippen LogP contribution < -0.4 is 10.2 Å². The molecule has 3 aliphatic rings. The van der Waals surface area contributed by atoms with Crippen LogP contribution in [0.3, 0.4) is 0 Å². The van der Waals surface area contributed by atoms with E-state index in [-0.39, 0.29) is 34.5 Å². The van der Waals surface area contributed by atoms with E-state index in [0.29, 0.717) is 31.5 Å². The van der Waals surface area contributed by atoms with Gasteiger partial charge in [0.05, 0.1) is 15.9 Å². The number of alkyl halides is 3. The highest BCUT2D eigenvalue weighted by molar-refractivity contribution is 7.90. The smallest absolute Gasteiger partial charge is 0.352 e. The van der Waals surface area contributed by atoms with E-state index in [2.05, 4.69) is 15.2 Å². The van der Waals surface area contributed by atoms with Crippen molar-refractivity contribution in [2.24, 2.45) is 0 Å². The number of sulfone groups is 1. The molecule has 2 aromatic rings. The third-order valence-electron chi connectivity index (χ3n) is 7.49. The molecule has 1 aromatic heterocycles. The van der Waals surface area contributed by atoms with Crippen LogP contribution in [-0.2, 0) is 26.2 Å². The number of nitrogens with one attached hydrogen (secondary N) is 1. The number of pyridine rings is 1. The number of nitrogens with zero attached hydrogens (tertiary/aromatic N) is 2. The maximum Gasteiger partial charge on any atom is 0.419 e. The van der Waals surface area contributed by atoms with Crippen LogP contribution in [-0.4, -0.2) is 43.7 Å². The van der Waals surface area contributed by atoms with E-state index in [4.69, 9.17) is 0 Å². The summed E-state index contributed by atoms with van der Waals surface area (Å²) in [7, 11) is -3.34. The topological polar surface area (TPSA) is 79.4 Å². The number of rotatable bonds is 5. The molecular weight excluding hydrogens is 486 g/mol. The number of fused-ring (bicyclic) bond motifs is 2. The Bertz CT molecular complexity index is 1250. The molecule has 3 heterocycles. The van der Waals surface area contributed by atoms with Crippen LogP contribution in [0.2, 0.25) is 0 Å². The standard InChI is InChI=1S/C24H25F4N3O3S/c1-35(33,34)18-5-7-21(29-13-18)31-16-3-4-17(31)12-15(11-16)30-22(32)23(8-9-23)14-2-6-20(25)19(10-14)24(26,27)28/h2,5-7,10,13,15-17H,3-4,8-9,11-12H2,1H3,(H,30,32)/t15-,16+,17-. The zero-order valence-electron chi connectivity index (χ0n) is 19.0. The van der Waals surface area contributed by atoms with E-state index in [0.717, 1.165) is 31.2 Å². The lowest BCUT2D eigenvalue weighted by molar-refractivity contribution is -0.140. The van der Waals surface area contributed by atoms with Crippen molar-refractivity contribution in [3.8, 4) is 0 Å². The van der Waals surface area contributed by atoms with Gasteiger partial charge in [-0.05, 0) is 68.4 Å². The van der Waals surface area contributed by atoms with Gasteiger partial charge in [-0.1, -0.05) is 6.07 Å². The van der Waals surface area contributed by atoms with Gasteiger partial charge in [0.25, 0.3) is 0 Å². The third kappa shape index (κ3) is 4.39. The first-order valence-corrected chi connectivity index (χ1v) is 13.4. The Morgan fingerprint density at radius 3 is 2.29 bits per heavy atom. The summed E-state index contributed by atoms with van der Waals surface area (Å²) in [5, 5.41) is 3.05. The molecule has 1 aromatic carbocycles. The van der Waals surface area contributed by atoms with Crippen LogP contribution >= 0.6 is 0 Å². The summed E-state index contributed by atoms with van der Waals surface area (Å²) in [6.07, 6.45) is 1.63. The van der Waals surface area contributed by atoms with Crippen LogP contribution in [0.4, 0.5) is 23.4 Å². The summed E-state index contributed by atoms with van der Waals surface area (Å²) >= 11 is 0. The van der Waals surface area contributed by atoms with Crippen LogP contribution in [0.5, 0.6) is 0 Å². The monoisotopic (exact) mass is 511 g/mol. The predicted molar refractivity (Wildman–Crippen MR) is 120 cm³/mol. The van der Waals surface area contributed by atoms with Gasteiger partial charge in [-0.2, -0.15) is 13.2 Å². The number of hydrogen-bond acceptors (Lipinski definition) is 5. The van der Waals surface area contributed by atoms with Crippen molar-refractivity contribution in [2.45, 2.75) is 73.1 Å². The molecule has 1 saturated carbocycles. The lowest BCUT2D eigenvalue weighted by Gasteiger charge is -2.40. The van der Waals surface area contributed by atoms with Gasteiger partial charge in [0, 0.05) is 30.6 Å². The molecule has 2 bridgehead atoms. The number of aromatic nitrogens is 1. The summed E-state index contributed by atoms with van der Waals surface area (Å²) in [5.74, 6) is -0.968. The SMILES string of the molecule is CS(=O)(=O)c1ccc(N2[C@@H]3CC[C@H]2C[C@@H](NC(=O)C2(c4ccc(F)c(C(F)(F)F)c4)CC2)C3)nc1. The molecule has 3 fully saturated rings. The molecule has 0 radical (unpaired) electrons. The predicted octanol–water partition coefficient (Wildman–Crippen LogP) is 3.99. The molecular formula is C24H25F4N3O3S. The Balaban J connectivity index is 1.29. The number of anilines is 1. The maximum absolute atomic E-state index is 13.7. The lowest BCUT2D eigenvalue weighted by atomic mass is 9.91. The number of amides is 1. The Hall–Kier alpha value is -2.69. The van der Waals surface area contributed by atoms with E-state index in [1.54, 1.807) is 12.1 Å². The van der Waals surface area contributed by atoms with E-state index in [1.165, 1.54) is 12.3 Å².